The van der Waals surface area contributed by atoms with Gasteiger partial charge in [0.15, 0.2) is 0 Å². The van der Waals surface area contributed by atoms with Crippen molar-refractivity contribution in [1.82, 2.24) is 4.57 Å². The topological polar surface area (TPSA) is 21.3 Å². The van der Waals surface area contributed by atoms with Crippen molar-refractivity contribution in [1.29, 1.82) is 0 Å². The molecule has 0 N–H and O–H groups in total. The molecule has 0 saturated heterocycles. The molecule has 0 atom stereocenters. The van der Waals surface area contributed by atoms with E-state index in [1.54, 1.807) is 0 Å². The van der Waals surface area contributed by atoms with Gasteiger partial charge in [-0.1, -0.05) is 106 Å². The molecule has 2 aliphatic rings. The van der Waals surface area contributed by atoms with Crippen molar-refractivity contribution in [2.75, 3.05) is 4.81 Å². The molecule has 8 aromatic carbocycles. The van der Waals surface area contributed by atoms with Crippen LogP contribution < -0.4 is 15.7 Å². The molecule has 12 aromatic rings. The highest BCUT2D eigenvalue weighted by molar-refractivity contribution is 7.26. The van der Waals surface area contributed by atoms with E-state index in [1.165, 1.54) is 107 Å². The molecule has 6 heterocycles. The number of rotatable bonds is 1. The summed E-state index contributed by atoms with van der Waals surface area (Å²) in [4.78, 5) is 2.63. The molecule has 4 aromatic heterocycles. The van der Waals surface area contributed by atoms with Gasteiger partial charge in [-0.25, -0.2) is 0 Å². The van der Waals surface area contributed by atoms with Crippen molar-refractivity contribution in [3.05, 3.63) is 151 Å². The first-order valence-electron chi connectivity index (χ1n) is 20.1. The molecule has 14 rings (SSSR count). The summed E-state index contributed by atoms with van der Waals surface area (Å²) in [6, 6.07) is 55.1. The van der Waals surface area contributed by atoms with E-state index in [-0.39, 0.29) is 12.3 Å². The quantitative estimate of drug-likeness (QED) is 0.155. The number of thiophene rings is 2. The molecule has 0 aliphatic carbocycles. The summed E-state index contributed by atoms with van der Waals surface area (Å²) in [6.45, 7) is 6.81. The first kappa shape index (κ1) is 31.7. The Kier molecular flexibility index (Phi) is 5.90. The predicted molar refractivity (Wildman–Crippen MR) is 252 cm³/mol. The van der Waals surface area contributed by atoms with Crippen LogP contribution in [0.4, 0.5) is 11.4 Å². The number of hydrogen-bond donors (Lipinski definition) is 0. The first-order valence-corrected chi connectivity index (χ1v) is 21.7. The van der Waals surface area contributed by atoms with E-state index < -0.39 is 0 Å². The lowest BCUT2D eigenvalue weighted by atomic mass is 9.44. The van der Waals surface area contributed by atoms with Gasteiger partial charge in [-0.05, 0) is 82.1 Å². The normalized spacial score (nSPS) is 13.7. The third-order valence-electron chi connectivity index (χ3n) is 13.1. The number of fused-ring (bicyclic) bond motifs is 17. The number of benzene rings is 8. The van der Waals surface area contributed by atoms with Gasteiger partial charge in [-0.3, -0.25) is 0 Å². The smallest absolute Gasteiger partial charge is 0.333 e. The molecule has 0 spiro atoms. The number of aromatic nitrogens is 1. The number of hydrogen-bond acceptors (Lipinski definition) is 4. The second-order valence-corrected chi connectivity index (χ2v) is 19.4. The van der Waals surface area contributed by atoms with Crippen molar-refractivity contribution in [3.63, 3.8) is 0 Å². The molecule has 0 amide bonds. The van der Waals surface area contributed by atoms with Gasteiger partial charge in [0.05, 0.1) is 11.0 Å². The van der Waals surface area contributed by atoms with Crippen LogP contribution in [0.25, 0.3) is 101 Å². The van der Waals surface area contributed by atoms with Crippen LogP contribution in [0.2, 0.25) is 0 Å². The number of para-hydroxylation sites is 1. The summed E-state index contributed by atoms with van der Waals surface area (Å²) >= 11 is 3.80. The van der Waals surface area contributed by atoms with Crippen molar-refractivity contribution in [3.8, 4) is 16.8 Å². The van der Waals surface area contributed by atoms with Crippen LogP contribution in [0, 0.1) is 0 Å². The van der Waals surface area contributed by atoms with Gasteiger partial charge >= 0.3 is 6.85 Å². The monoisotopic (exact) mass is 776 g/mol. The zero-order valence-electron chi connectivity index (χ0n) is 32.1. The van der Waals surface area contributed by atoms with Crippen molar-refractivity contribution < 1.29 is 4.42 Å². The highest BCUT2D eigenvalue weighted by atomic mass is 32.1. The average Bonchev–Trinajstić information content (AvgIpc) is 3.99. The Balaban J connectivity index is 1.17. The fourth-order valence-corrected chi connectivity index (χ4v) is 12.7. The summed E-state index contributed by atoms with van der Waals surface area (Å²) in [6.07, 6.45) is 0. The summed E-state index contributed by atoms with van der Waals surface area (Å²) in [5, 5.41) is 10.2. The van der Waals surface area contributed by atoms with Crippen molar-refractivity contribution in [2.24, 2.45) is 0 Å². The molecule has 0 unspecified atom stereocenters. The van der Waals surface area contributed by atoms with E-state index in [9.17, 15) is 0 Å². The van der Waals surface area contributed by atoms with Crippen LogP contribution in [-0.2, 0) is 5.41 Å². The third-order valence-corrected chi connectivity index (χ3v) is 15.4. The Morgan fingerprint density at radius 3 is 1.95 bits per heavy atom. The van der Waals surface area contributed by atoms with Crippen molar-refractivity contribution in [2.45, 2.75) is 26.2 Å². The van der Waals surface area contributed by atoms with Crippen LogP contribution in [0.1, 0.15) is 26.3 Å². The van der Waals surface area contributed by atoms with Gasteiger partial charge in [0, 0.05) is 90.6 Å². The minimum Gasteiger partial charge on any atom is -0.456 e. The van der Waals surface area contributed by atoms with Crippen LogP contribution >= 0.6 is 22.7 Å². The van der Waals surface area contributed by atoms with Gasteiger partial charge in [0.1, 0.15) is 11.2 Å². The molecule has 0 saturated carbocycles. The fourth-order valence-electron chi connectivity index (χ4n) is 10.4. The van der Waals surface area contributed by atoms with Gasteiger partial charge < -0.3 is 13.8 Å². The summed E-state index contributed by atoms with van der Waals surface area (Å²) < 4.78 is 14.6. The van der Waals surface area contributed by atoms with E-state index in [1.807, 2.05) is 22.7 Å². The van der Waals surface area contributed by atoms with Crippen LogP contribution in [0.3, 0.4) is 0 Å². The molecular weight excluding hydrogens is 744 g/mol. The Labute approximate surface area is 342 Å². The fraction of sp³-hybridized carbons (Fsp3) is 0.0769. The van der Waals surface area contributed by atoms with Gasteiger partial charge in [-0.2, -0.15) is 0 Å². The third kappa shape index (κ3) is 3.99. The lowest BCUT2D eigenvalue weighted by Gasteiger charge is -2.42. The van der Waals surface area contributed by atoms with E-state index in [0.29, 0.717) is 0 Å². The largest absolute Gasteiger partial charge is 0.456 e. The van der Waals surface area contributed by atoms with Crippen LogP contribution in [0.5, 0.6) is 0 Å². The van der Waals surface area contributed by atoms with Crippen LogP contribution in [0.15, 0.2) is 150 Å². The minimum atomic E-state index is -0.0784. The molecule has 3 nitrogen and oxygen atoms in total. The zero-order valence-corrected chi connectivity index (χ0v) is 33.7. The number of nitrogens with zero attached hydrogens (tertiary/aromatic N) is 2. The lowest BCUT2D eigenvalue weighted by Crippen LogP contribution is -2.60. The minimum absolute atomic E-state index is 0.0423. The Hall–Kier alpha value is -6.34. The molecular formula is C52H33BN2OS2. The highest BCUT2D eigenvalue weighted by Gasteiger charge is 2.44. The van der Waals surface area contributed by atoms with E-state index in [4.69, 9.17) is 4.42 Å². The standard InChI is InChI=1S/C52H33BN2OS2/c1-52(2,3)28-16-18-29(19-17-28)55-42-25-45-37(30-10-4-7-13-44(30)56-45)22-35(42)33-20-21-34-36-23-38-31-11-5-8-14-46(31)57-48(38)26-41(36)54-43-27-49-39(32-12-6-9-15-47(32)58-49)24-40(43)53(55)50(33)51(34)54/h4-27H,1-3H3. The molecule has 6 heteroatoms. The maximum atomic E-state index is 6.64. The maximum Gasteiger partial charge on any atom is 0.333 e. The van der Waals surface area contributed by atoms with E-state index in [2.05, 4.69) is 176 Å². The zero-order chi connectivity index (χ0) is 38.2. The van der Waals surface area contributed by atoms with Gasteiger partial charge in [0.2, 0.25) is 0 Å². The van der Waals surface area contributed by atoms with Gasteiger partial charge in [0.25, 0.3) is 0 Å². The number of anilines is 2. The van der Waals surface area contributed by atoms with Crippen molar-refractivity contribution >= 4 is 136 Å². The molecule has 0 radical (unpaired) electrons. The first-order chi connectivity index (χ1) is 28.4. The molecule has 0 bridgehead atoms. The lowest BCUT2D eigenvalue weighted by molar-refractivity contribution is 0.590. The molecule has 0 fully saturated rings. The number of furan rings is 1. The van der Waals surface area contributed by atoms with E-state index >= 15 is 0 Å². The second-order valence-electron chi connectivity index (χ2n) is 17.3. The highest BCUT2D eigenvalue weighted by Crippen LogP contribution is 2.49. The van der Waals surface area contributed by atoms with Gasteiger partial charge in [-0.15, -0.1) is 22.7 Å². The Morgan fingerprint density at radius 1 is 0.500 bits per heavy atom. The average molecular weight is 777 g/mol. The summed E-state index contributed by atoms with van der Waals surface area (Å²) in [5.41, 5.74) is 14.6. The SMILES string of the molecule is CC(C)(C)c1ccc(N2B3c4cc5c(cc4-n4c6cc7sc8ccccc8c7cc6c6ccc(c3c64)-c3cc4c(cc32)oc2ccccc24)sc2ccccc25)cc1. The predicted octanol–water partition coefficient (Wildman–Crippen LogP) is 14.0. The van der Waals surface area contributed by atoms with Crippen LogP contribution in [-0.4, -0.2) is 11.4 Å². The summed E-state index contributed by atoms with van der Waals surface area (Å²) in [5.74, 6) is 0. The molecule has 2 aliphatic heterocycles. The maximum absolute atomic E-state index is 6.64. The molecule has 272 valence electrons. The Morgan fingerprint density at radius 2 is 1.19 bits per heavy atom. The summed E-state index contributed by atoms with van der Waals surface area (Å²) in [7, 11) is 0. The second kappa shape index (κ2) is 10.8. The Bertz CT molecular complexity index is 3800. The molecule has 58 heavy (non-hydrogen) atoms. The van der Waals surface area contributed by atoms with E-state index in [0.717, 1.165) is 21.9 Å².